The standard InChI is InChI=1S/C17H25NO6S/c1-12-10-14(21-2)15(22-3)11-16(12)25(19,20)18-6-4-13(5-7-18)17-23-8-9-24-17/h10-11,13,17H,4-9H2,1-3H3. The summed E-state index contributed by atoms with van der Waals surface area (Å²) in [7, 11) is -0.553. The fraction of sp³-hybridized carbons (Fsp3) is 0.647. The molecule has 1 aromatic rings. The smallest absolute Gasteiger partial charge is 0.243 e. The lowest BCUT2D eigenvalue weighted by Crippen LogP contribution is -2.41. The molecular weight excluding hydrogens is 346 g/mol. The van der Waals surface area contributed by atoms with Crippen LogP contribution in [-0.2, 0) is 19.5 Å². The van der Waals surface area contributed by atoms with Gasteiger partial charge in [0, 0.05) is 25.1 Å². The predicted octanol–water partition coefficient (Wildman–Crippen LogP) is 1.79. The molecular formula is C17H25NO6S. The molecule has 0 radical (unpaired) electrons. The largest absolute Gasteiger partial charge is 0.493 e. The normalized spacial score (nSPS) is 20.8. The summed E-state index contributed by atoms with van der Waals surface area (Å²) >= 11 is 0. The van der Waals surface area contributed by atoms with Gasteiger partial charge in [-0.2, -0.15) is 4.31 Å². The molecule has 3 rings (SSSR count). The molecule has 2 saturated heterocycles. The van der Waals surface area contributed by atoms with Crippen molar-refractivity contribution in [1.82, 2.24) is 4.31 Å². The maximum Gasteiger partial charge on any atom is 0.243 e. The number of methoxy groups -OCH3 is 2. The quantitative estimate of drug-likeness (QED) is 0.786. The SMILES string of the molecule is COc1cc(C)c(S(=O)(=O)N2CCC(C3OCCO3)CC2)cc1OC. The van der Waals surface area contributed by atoms with Gasteiger partial charge >= 0.3 is 0 Å². The lowest BCUT2D eigenvalue weighted by Gasteiger charge is -2.33. The summed E-state index contributed by atoms with van der Waals surface area (Å²) in [6, 6.07) is 3.23. The van der Waals surface area contributed by atoms with Crippen molar-refractivity contribution in [2.45, 2.75) is 31.0 Å². The Bertz CT molecular complexity index is 706. The van der Waals surface area contributed by atoms with Gasteiger partial charge in [-0.1, -0.05) is 0 Å². The van der Waals surface area contributed by atoms with Crippen LogP contribution in [0.3, 0.4) is 0 Å². The molecule has 0 saturated carbocycles. The van der Waals surface area contributed by atoms with Crippen molar-refractivity contribution in [2.24, 2.45) is 5.92 Å². The molecule has 0 spiro atoms. The Hall–Kier alpha value is -1.35. The van der Waals surface area contributed by atoms with E-state index in [1.165, 1.54) is 18.5 Å². The second-order valence-electron chi connectivity index (χ2n) is 6.32. The molecule has 2 aliphatic rings. The van der Waals surface area contributed by atoms with E-state index in [2.05, 4.69) is 0 Å². The van der Waals surface area contributed by atoms with Gasteiger partial charge in [-0.05, 0) is 31.4 Å². The van der Waals surface area contributed by atoms with Crippen LogP contribution >= 0.6 is 0 Å². The average Bonchev–Trinajstić information content (AvgIpc) is 3.16. The number of rotatable bonds is 5. The molecule has 0 aliphatic carbocycles. The highest BCUT2D eigenvalue weighted by molar-refractivity contribution is 7.89. The van der Waals surface area contributed by atoms with Gasteiger partial charge in [-0.3, -0.25) is 0 Å². The highest BCUT2D eigenvalue weighted by Gasteiger charge is 2.35. The van der Waals surface area contributed by atoms with E-state index in [4.69, 9.17) is 18.9 Å². The minimum Gasteiger partial charge on any atom is -0.493 e. The number of ether oxygens (including phenoxy) is 4. The fourth-order valence-corrected chi connectivity index (χ4v) is 5.11. The van der Waals surface area contributed by atoms with Crippen LogP contribution in [0.25, 0.3) is 0 Å². The van der Waals surface area contributed by atoms with Gasteiger partial charge < -0.3 is 18.9 Å². The van der Waals surface area contributed by atoms with Crippen molar-refractivity contribution in [3.63, 3.8) is 0 Å². The predicted molar refractivity (Wildman–Crippen MR) is 91.5 cm³/mol. The fourth-order valence-electron chi connectivity index (χ4n) is 3.42. The van der Waals surface area contributed by atoms with Gasteiger partial charge in [-0.15, -0.1) is 0 Å². The highest BCUT2D eigenvalue weighted by Crippen LogP contribution is 2.35. The maximum absolute atomic E-state index is 13.1. The van der Waals surface area contributed by atoms with Gasteiger partial charge in [0.2, 0.25) is 10.0 Å². The van der Waals surface area contributed by atoms with Gasteiger partial charge in [0.15, 0.2) is 17.8 Å². The number of sulfonamides is 1. The van der Waals surface area contributed by atoms with Crippen LogP contribution in [0.2, 0.25) is 0 Å². The van der Waals surface area contributed by atoms with E-state index in [-0.39, 0.29) is 17.1 Å². The van der Waals surface area contributed by atoms with E-state index in [1.807, 2.05) is 0 Å². The minimum absolute atomic E-state index is 0.187. The van der Waals surface area contributed by atoms with Gasteiger partial charge in [0.1, 0.15) is 0 Å². The Balaban J connectivity index is 1.78. The molecule has 1 aromatic carbocycles. The molecule has 140 valence electrons. The Morgan fingerprint density at radius 1 is 1.04 bits per heavy atom. The summed E-state index contributed by atoms with van der Waals surface area (Å²) in [6.07, 6.45) is 1.28. The van der Waals surface area contributed by atoms with E-state index in [0.717, 1.165) is 12.8 Å². The third kappa shape index (κ3) is 3.62. The first-order valence-corrected chi connectivity index (χ1v) is 9.87. The summed E-state index contributed by atoms with van der Waals surface area (Å²) in [5, 5.41) is 0. The van der Waals surface area contributed by atoms with Crippen LogP contribution in [0.1, 0.15) is 18.4 Å². The number of aryl methyl sites for hydroxylation is 1. The van der Waals surface area contributed by atoms with E-state index in [9.17, 15) is 8.42 Å². The summed E-state index contributed by atoms with van der Waals surface area (Å²) in [4.78, 5) is 0.261. The van der Waals surface area contributed by atoms with Crippen LogP contribution < -0.4 is 9.47 Å². The van der Waals surface area contributed by atoms with E-state index in [1.54, 1.807) is 19.1 Å². The summed E-state index contributed by atoms with van der Waals surface area (Å²) in [5.41, 5.74) is 0.641. The minimum atomic E-state index is -3.58. The first-order valence-electron chi connectivity index (χ1n) is 8.43. The van der Waals surface area contributed by atoms with E-state index < -0.39 is 10.0 Å². The van der Waals surface area contributed by atoms with Crippen molar-refractivity contribution in [2.75, 3.05) is 40.5 Å². The van der Waals surface area contributed by atoms with Crippen molar-refractivity contribution in [1.29, 1.82) is 0 Å². The van der Waals surface area contributed by atoms with Gasteiger partial charge in [0.05, 0.1) is 32.3 Å². The van der Waals surface area contributed by atoms with Crippen LogP contribution in [0.15, 0.2) is 17.0 Å². The third-order valence-corrected chi connectivity index (χ3v) is 6.87. The first-order chi connectivity index (χ1) is 12.0. The molecule has 0 atom stereocenters. The zero-order chi connectivity index (χ0) is 18.0. The summed E-state index contributed by atoms with van der Waals surface area (Å²) in [5.74, 6) is 1.18. The second kappa shape index (κ2) is 7.49. The average molecular weight is 371 g/mol. The van der Waals surface area contributed by atoms with Crippen LogP contribution in [0, 0.1) is 12.8 Å². The van der Waals surface area contributed by atoms with Crippen molar-refractivity contribution >= 4 is 10.0 Å². The summed E-state index contributed by atoms with van der Waals surface area (Å²) in [6.45, 7) is 3.93. The zero-order valence-electron chi connectivity index (χ0n) is 14.9. The molecule has 25 heavy (non-hydrogen) atoms. The van der Waals surface area contributed by atoms with Gasteiger partial charge in [-0.25, -0.2) is 8.42 Å². The number of hydrogen-bond acceptors (Lipinski definition) is 6. The second-order valence-corrected chi connectivity index (χ2v) is 8.23. The Kier molecular flexibility index (Phi) is 5.52. The van der Waals surface area contributed by atoms with Crippen molar-refractivity contribution < 1.29 is 27.4 Å². The monoisotopic (exact) mass is 371 g/mol. The number of nitrogens with zero attached hydrogens (tertiary/aromatic N) is 1. The molecule has 0 amide bonds. The lowest BCUT2D eigenvalue weighted by molar-refractivity contribution is -0.0938. The number of piperidine rings is 1. The zero-order valence-corrected chi connectivity index (χ0v) is 15.7. The van der Waals surface area contributed by atoms with Crippen molar-refractivity contribution in [3.8, 4) is 11.5 Å². The highest BCUT2D eigenvalue weighted by atomic mass is 32.2. The molecule has 8 heteroatoms. The van der Waals surface area contributed by atoms with Gasteiger partial charge in [0.25, 0.3) is 0 Å². The van der Waals surface area contributed by atoms with Crippen LogP contribution in [-0.4, -0.2) is 59.5 Å². The first kappa shape index (κ1) is 18.4. The lowest BCUT2D eigenvalue weighted by atomic mass is 9.98. The van der Waals surface area contributed by atoms with Crippen LogP contribution in [0.4, 0.5) is 0 Å². The molecule has 0 unspecified atom stereocenters. The Labute approximate surface area is 148 Å². The Morgan fingerprint density at radius 2 is 1.60 bits per heavy atom. The summed E-state index contributed by atoms with van der Waals surface area (Å²) < 4.78 is 49.3. The third-order valence-electron chi connectivity index (χ3n) is 4.83. The number of hydrogen-bond donors (Lipinski definition) is 0. The molecule has 2 heterocycles. The topological polar surface area (TPSA) is 74.3 Å². The molecule has 2 fully saturated rings. The van der Waals surface area contributed by atoms with E-state index >= 15 is 0 Å². The molecule has 7 nitrogen and oxygen atoms in total. The molecule has 0 N–H and O–H groups in total. The van der Waals surface area contributed by atoms with Crippen molar-refractivity contribution in [3.05, 3.63) is 17.7 Å². The maximum atomic E-state index is 13.1. The molecule has 0 aromatic heterocycles. The van der Waals surface area contributed by atoms with E-state index in [0.29, 0.717) is 43.4 Å². The van der Waals surface area contributed by atoms with Crippen LogP contribution in [0.5, 0.6) is 11.5 Å². The molecule has 2 aliphatic heterocycles. The molecule has 0 bridgehead atoms. The number of benzene rings is 1. The Morgan fingerprint density at radius 3 is 2.16 bits per heavy atom.